The van der Waals surface area contributed by atoms with E-state index in [2.05, 4.69) is 38.1 Å². The Bertz CT molecular complexity index is 1050. The van der Waals surface area contributed by atoms with Crippen LogP contribution in [0.5, 0.6) is 5.75 Å². The predicted molar refractivity (Wildman–Crippen MR) is 122 cm³/mol. The smallest absolute Gasteiger partial charge is 0.276 e. The molecule has 3 aromatic rings. The maximum Gasteiger partial charge on any atom is 0.276 e. The van der Waals surface area contributed by atoms with E-state index in [1.54, 1.807) is 31.2 Å². The normalized spacial score (nSPS) is 14.6. The summed E-state index contributed by atoms with van der Waals surface area (Å²) < 4.78 is 12.2. The molecule has 0 unspecified atom stereocenters. The molecule has 6 nitrogen and oxygen atoms in total. The lowest BCUT2D eigenvalue weighted by Crippen LogP contribution is -2.48. The van der Waals surface area contributed by atoms with Crippen LogP contribution in [-0.2, 0) is 13.2 Å². The number of carbonyl (C=O) groups is 1. The summed E-state index contributed by atoms with van der Waals surface area (Å²) in [6.45, 7) is 5.79. The molecule has 2 heterocycles. The number of hydrogen-bond donors (Lipinski definition) is 0. The third-order valence-corrected chi connectivity index (χ3v) is 6.08. The topological polar surface area (TPSA) is 58.8 Å². The molecule has 1 saturated heterocycles. The lowest BCUT2D eigenvalue weighted by molar-refractivity contribution is 0.0616. The highest BCUT2D eigenvalue weighted by Crippen LogP contribution is 2.22. The zero-order valence-corrected chi connectivity index (χ0v) is 19.5. The number of piperazine rings is 1. The van der Waals surface area contributed by atoms with Gasteiger partial charge in [-0.25, -0.2) is 0 Å². The quantitative estimate of drug-likeness (QED) is 0.476. The summed E-state index contributed by atoms with van der Waals surface area (Å²) in [5, 5.41) is 4.67. The Morgan fingerprint density at radius 3 is 2.61 bits per heavy atom. The summed E-state index contributed by atoms with van der Waals surface area (Å²) in [4.78, 5) is 17.3. The zero-order valence-electron chi connectivity index (χ0n) is 17.2. The Kier molecular flexibility index (Phi) is 6.95. The summed E-state index contributed by atoms with van der Waals surface area (Å²) in [5.41, 5.74) is 2.26. The molecule has 4 rings (SSSR count). The van der Waals surface area contributed by atoms with Gasteiger partial charge in [-0.2, -0.15) is 0 Å². The fourth-order valence-electron chi connectivity index (χ4n) is 3.57. The Morgan fingerprint density at radius 2 is 1.90 bits per heavy atom. The van der Waals surface area contributed by atoms with Crippen LogP contribution in [0.4, 0.5) is 0 Å². The molecule has 1 aliphatic heterocycles. The Morgan fingerprint density at radius 1 is 1.16 bits per heavy atom. The third-order valence-electron chi connectivity index (χ3n) is 5.34. The van der Waals surface area contributed by atoms with E-state index in [-0.39, 0.29) is 12.5 Å². The number of nitrogens with zero attached hydrogens (tertiary/aromatic N) is 3. The van der Waals surface area contributed by atoms with Crippen molar-refractivity contribution in [1.29, 1.82) is 0 Å². The van der Waals surface area contributed by atoms with Gasteiger partial charge in [0.2, 0.25) is 0 Å². The predicted octanol–water partition coefficient (Wildman–Crippen LogP) is 4.94. The van der Waals surface area contributed by atoms with E-state index >= 15 is 0 Å². The second-order valence-electron chi connectivity index (χ2n) is 7.51. The maximum absolute atomic E-state index is 13.1. The lowest BCUT2D eigenvalue weighted by Gasteiger charge is -2.34. The van der Waals surface area contributed by atoms with E-state index < -0.39 is 0 Å². The van der Waals surface area contributed by atoms with Crippen molar-refractivity contribution in [3.05, 3.63) is 80.6 Å². The van der Waals surface area contributed by atoms with Gasteiger partial charge in [-0.3, -0.25) is 9.69 Å². The monoisotopic (exact) mass is 503 g/mol. The van der Waals surface area contributed by atoms with Gasteiger partial charge in [0.1, 0.15) is 18.1 Å². The van der Waals surface area contributed by atoms with Crippen molar-refractivity contribution in [2.75, 3.05) is 26.2 Å². The largest absolute Gasteiger partial charge is 0.489 e. The molecule has 0 spiro atoms. The maximum atomic E-state index is 13.1. The van der Waals surface area contributed by atoms with E-state index in [4.69, 9.17) is 20.9 Å². The van der Waals surface area contributed by atoms with Gasteiger partial charge in [0, 0.05) is 42.2 Å². The van der Waals surface area contributed by atoms with Crippen molar-refractivity contribution in [3.63, 3.8) is 0 Å². The van der Waals surface area contributed by atoms with E-state index in [1.807, 2.05) is 17.0 Å². The summed E-state index contributed by atoms with van der Waals surface area (Å²) >= 11 is 9.43. The van der Waals surface area contributed by atoms with Crippen LogP contribution < -0.4 is 4.74 Å². The first kappa shape index (κ1) is 21.9. The first-order valence-electron chi connectivity index (χ1n) is 10.1. The molecule has 8 heteroatoms. The second-order valence-corrected chi connectivity index (χ2v) is 8.86. The van der Waals surface area contributed by atoms with Crippen molar-refractivity contribution < 1.29 is 14.1 Å². The molecule has 1 fully saturated rings. The van der Waals surface area contributed by atoms with Crippen molar-refractivity contribution in [1.82, 2.24) is 15.0 Å². The SMILES string of the molecule is Cc1onc(C(=O)N2CCN(Cc3cccc(Br)c3)CC2)c1COc1ccc(Cl)cc1. The van der Waals surface area contributed by atoms with Gasteiger partial charge in [0.25, 0.3) is 5.91 Å². The number of ether oxygens (including phenoxy) is 1. The van der Waals surface area contributed by atoms with Crippen LogP contribution >= 0.6 is 27.5 Å². The number of benzene rings is 2. The number of amides is 1. The zero-order chi connectivity index (χ0) is 21.8. The minimum atomic E-state index is -0.117. The molecule has 0 bridgehead atoms. The molecule has 1 aromatic heterocycles. The molecule has 162 valence electrons. The number of rotatable bonds is 6. The average Bonchev–Trinajstić information content (AvgIpc) is 3.14. The van der Waals surface area contributed by atoms with Crippen LogP contribution in [0.2, 0.25) is 5.02 Å². The molecule has 1 amide bonds. The van der Waals surface area contributed by atoms with Crippen LogP contribution in [-0.4, -0.2) is 47.0 Å². The van der Waals surface area contributed by atoms with E-state index in [0.29, 0.717) is 40.9 Å². The number of hydrogen-bond acceptors (Lipinski definition) is 5. The van der Waals surface area contributed by atoms with Gasteiger partial charge in [0.05, 0.1) is 5.56 Å². The molecule has 0 aliphatic carbocycles. The van der Waals surface area contributed by atoms with Crippen LogP contribution in [0.3, 0.4) is 0 Å². The number of carbonyl (C=O) groups excluding carboxylic acids is 1. The molecule has 0 N–H and O–H groups in total. The van der Waals surface area contributed by atoms with Crippen molar-refractivity contribution >= 4 is 33.4 Å². The molecule has 31 heavy (non-hydrogen) atoms. The van der Waals surface area contributed by atoms with Crippen molar-refractivity contribution in [3.8, 4) is 5.75 Å². The third kappa shape index (κ3) is 5.47. The molecular weight excluding hydrogens is 482 g/mol. The fourth-order valence-corrected chi connectivity index (χ4v) is 4.14. The summed E-state index contributed by atoms with van der Waals surface area (Å²) in [5.74, 6) is 1.14. The van der Waals surface area contributed by atoms with Gasteiger partial charge < -0.3 is 14.2 Å². The Balaban J connectivity index is 1.36. The summed E-state index contributed by atoms with van der Waals surface area (Å²) in [6.07, 6.45) is 0. The van der Waals surface area contributed by atoms with Gasteiger partial charge in [-0.15, -0.1) is 0 Å². The van der Waals surface area contributed by atoms with Gasteiger partial charge >= 0.3 is 0 Å². The van der Waals surface area contributed by atoms with Crippen LogP contribution in [0.1, 0.15) is 27.4 Å². The average molecular weight is 505 g/mol. The first-order valence-corrected chi connectivity index (χ1v) is 11.3. The number of aryl methyl sites for hydroxylation is 1. The van der Waals surface area contributed by atoms with Crippen LogP contribution in [0.15, 0.2) is 57.5 Å². The first-order chi connectivity index (χ1) is 15.0. The van der Waals surface area contributed by atoms with Crippen molar-refractivity contribution in [2.45, 2.75) is 20.1 Å². The highest BCUT2D eigenvalue weighted by molar-refractivity contribution is 9.10. The minimum absolute atomic E-state index is 0.117. The van der Waals surface area contributed by atoms with Gasteiger partial charge in [0.15, 0.2) is 5.69 Å². The minimum Gasteiger partial charge on any atom is -0.489 e. The highest BCUT2D eigenvalue weighted by atomic mass is 79.9. The van der Waals surface area contributed by atoms with Crippen LogP contribution in [0.25, 0.3) is 0 Å². The van der Waals surface area contributed by atoms with E-state index in [0.717, 1.165) is 24.1 Å². The highest BCUT2D eigenvalue weighted by Gasteiger charge is 2.28. The summed E-state index contributed by atoms with van der Waals surface area (Å²) in [6, 6.07) is 15.4. The molecular formula is C23H23BrClN3O3. The van der Waals surface area contributed by atoms with Gasteiger partial charge in [-0.1, -0.05) is 44.8 Å². The number of halogens is 2. The molecule has 1 aliphatic rings. The molecule has 0 atom stereocenters. The molecule has 2 aromatic carbocycles. The van der Waals surface area contributed by atoms with Crippen LogP contribution in [0, 0.1) is 6.92 Å². The second kappa shape index (κ2) is 9.85. The molecule has 0 radical (unpaired) electrons. The van der Waals surface area contributed by atoms with Crippen molar-refractivity contribution in [2.24, 2.45) is 0 Å². The Hall–Kier alpha value is -2.35. The Labute approximate surface area is 194 Å². The van der Waals surface area contributed by atoms with E-state index in [1.165, 1.54) is 5.56 Å². The summed E-state index contributed by atoms with van der Waals surface area (Å²) in [7, 11) is 0. The number of aromatic nitrogens is 1. The standard InChI is InChI=1S/C23H23BrClN3O3/c1-16-21(15-30-20-7-5-19(25)6-8-20)22(26-31-16)23(29)28-11-9-27(10-12-28)14-17-3-2-4-18(24)13-17/h2-8,13H,9-12,14-15H2,1H3. The van der Waals surface area contributed by atoms with Gasteiger partial charge in [-0.05, 0) is 48.9 Å². The lowest BCUT2D eigenvalue weighted by atomic mass is 10.1. The fraction of sp³-hybridized carbons (Fsp3) is 0.304. The molecule has 0 saturated carbocycles. The van der Waals surface area contributed by atoms with E-state index in [9.17, 15) is 4.79 Å².